The highest BCUT2D eigenvalue weighted by atomic mass is 35.5. The Morgan fingerprint density at radius 2 is 1.93 bits per heavy atom. The van der Waals surface area contributed by atoms with Gasteiger partial charge in [0.1, 0.15) is 0 Å². The van der Waals surface area contributed by atoms with Crippen LogP contribution in [0.2, 0.25) is 10.0 Å². The topological polar surface area (TPSA) is 17.1 Å². The largest absolute Gasteiger partial charge is 0.295 e. The molecule has 0 aliphatic heterocycles. The minimum absolute atomic E-state index is 0.00135. The van der Waals surface area contributed by atoms with Crippen molar-refractivity contribution in [3.63, 3.8) is 0 Å². The summed E-state index contributed by atoms with van der Waals surface area (Å²) in [4.78, 5) is 10.9. The number of allylic oxidation sites excluding steroid dienone is 2. The zero-order valence-corrected chi connectivity index (χ0v) is 9.49. The lowest BCUT2D eigenvalue weighted by molar-refractivity contribution is -0.112. The van der Waals surface area contributed by atoms with Gasteiger partial charge in [0.15, 0.2) is 5.78 Å². The van der Waals surface area contributed by atoms with Crippen molar-refractivity contribution < 1.29 is 4.79 Å². The molecule has 14 heavy (non-hydrogen) atoms. The van der Waals surface area contributed by atoms with Crippen LogP contribution in [0.4, 0.5) is 0 Å². The molecule has 0 N–H and O–H groups in total. The fraction of sp³-hybridized carbons (Fsp3) is 0.182. The molecule has 0 atom stereocenters. The third-order valence-electron chi connectivity index (χ3n) is 1.80. The SMILES string of the molecule is CC(=O)/C=C(/C)c1cccc(Cl)c1Cl. The maximum Gasteiger partial charge on any atom is 0.152 e. The summed E-state index contributed by atoms with van der Waals surface area (Å²) in [6.07, 6.45) is 1.54. The Labute approximate surface area is 93.3 Å². The first-order chi connectivity index (χ1) is 6.52. The van der Waals surface area contributed by atoms with Crippen molar-refractivity contribution in [2.45, 2.75) is 13.8 Å². The van der Waals surface area contributed by atoms with Crippen LogP contribution in [0, 0.1) is 0 Å². The van der Waals surface area contributed by atoms with Gasteiger partial charge in [-0.2, -0.15) is 0 Å². The van der Waals surface area contributed by atoms with E-state index in [1.165, 1.54) is 13.0 Å². The van der Waals surface area contributed by atoms with Gasteiger partial charge in [-0.15, -0.1) is 0 Å². The molecular weight excluding hydrogens is 219 g/mol. The van der Waals surface area contributed by atoms with Crippen LogP contribution in [0.15, 0.2) is 24.3 Å². The highest BCUT2D eigenvalue weighted by Gasteiger charge is 2.05. The van der Waals surface area contributed by atoms with Gasteiger partial charge in [0, 0.05) is 0 Å². The van der Waals surface area contributed by atoms with Gasteiger partial charge in [0.2, 0.25) is 0 Å². The molecule has 0 bridgehead atoms. The van der Waals surface area contributed by atoms with Crippen LogP contribution in [0.3, 0.4) is 0 Å². The number of ketones is 1. The van der Waals surface area contributed by atoms with Crippen molar-refractivity contribution in [1.29, 1.82) is 0 Å². The number of rotatable bonds is 2. The number of benzene rings is 1. The van der Waals surface area contributed by atoms with Crippen molar-refractivity contribution in [2.75, 3.05) is 0 Å². The minimum atomic E-state index is -0.00135. The second kappa shape index (κ2) is 4.63. The molecule has 1 aromatic carbocycles. The molecule has 0 heterocycles. The van der Waals surface area contributed by atoms with E-state index < -0.39 is 0 Å². The third kappa shape index (κ3) is 2.60. The lowest BCUT2D eigenvalue weighted by Crippen LogP contribution is -1.87. The molecule has 1 rings (SSSR count). The van der Waals surface area contributed by atoms with E-state index in [4.69, 9.17) is 23.2 Å². The molecule has 0 fully saturated rings. The van der Waals surface area contributed by atoms with Gasteiger partial charge in [0.25, 0.3) is 0 Å². The average Bonchev–Trinajstić information content (AvgIpc) is 2.08. The Balaban J connectivity index is 3.20. The fourth-order valence-electron chi connectivity index (χ4n) is 1.19. The average molecular weight is 229 g/mol. The Morgan fingerprint density at radius 3 is 2.50 bits per heavy atom. The molecule has 0 saturated heterocycles. The first kappa shape index (κ1) is 11.3. The molecule has 0 aliphatic carbocycles. The quantitative estimate of drug-likeness (QED) is 0.701. The first-order valence-corrected chi connectivity index (χ1v) is 4.91. The van der Waals surface area contributed by atoms with Crippen molar-refractivity contribution in [3.8, 4) is 0 Å². The predicted octanol–water partition coefficient (Wildman–Crippen LogP) is 3.99. The van der Waals surface area contributed by atoms with E-state index in [1.807, 2.05) is 13.0 Å². The van der Waals surface area contributed by atoms with E-state index in [9.17, 15) is 4.79 Å². The summed E-state index contributed by atoms with van der Waals surface area (Å²) in [6.45, 7) is 3.33. The smallest absolute Gasteiger partial charge is 0.152 e. The normalized spacial score (nSPS) is 11.6. The molecule has 0 radical (unpaired) electrons. The Morgan fingerprint density at radius 1 is 1.29 bits per heavy atom. The maximum atomic E-state index is 10.9. The van der Waals surface area contributed by atoms with Crippen LogP contribution in [0.25, 0.3) is 5.57 Å². The van der Waals surface area contributed by atoms with E-state index in [0.29, 0.717) is 10.0 Å². The molecule has 0 unspecified atom stereocenters. The van der Waals surface area contributed by atoms with Gasteiger partial charge in [-0.3, -0.25) is 4.79 Å². The molecular formula is C11H10Cl2O. The molecule has 0 spiro atoms. The van der Waals surface area contributed by atoms with Gasteiger partial charge in [0.05, 0.1) is 10.0 Å². The fourth-order valence-corrected chi connectivity index (χ4v) is 1.64. The van der Waals surface area contributed by atoms with Crippen LogP contribution in [0.1, 0.15) is 19.4 Å². The number of hydrogen-bond acceptors (Lipinski definition) is 1. The van der Waals surface area contributed by atoms with Gasteiger partial charge < -0.3 is 0 Å². The summed E-state index contributed by atoms with van der Waals surface area (Å²) >= 11 is 11.8. The summed E-state index contributed by atoms with van der Waals surface area (Å²) < 4.78 is 0. The van der Waals surface area contributed by atoms with E-state index in [1.54, 1.807) is 12.1 Å². The van der Waals surface area contributed by atoms with E-state index >= 15 is 0 Å². The number of hydrogen-bond donors (Lipinski definition) is 0. The predicted molar refractivity (Wildman–Crippen MR) is 60.8 cm³/mol. The molecule has 0 amide bonds. The van der Waals surface area contributed by atoms with Crippen molar-refractivity contribution in [1.82, 2.24) is 0 Å². The summed E-state index contributed by atoms with van der Waals surface area (Å²) in [5.74, 6) is -0.00135. The molecule has 74 valence electrons. The van der Waals surface area contributed by atoms with Crippen LogP contribution in [-0.2, 0) is 4.79 Å². The zero-order chi connectivity index (χ0) is 10.7. The molecule has 1 aromatic rings. The third-order valence-corrected chi connectivity index (χ3v) is 2.62. The molecule has 0 saturated carbocycles. The van der Waals surface area contributed by atoms with Gasteiger partial charge in [-0.25, -0.2) is 0 Å². The standard InChI is InChI=1S/C11H10Cl2O/c1-7(6-8(2)14)9-4-3-5-10(12)11(9)13/h3-6H,1-2H3/b7-6-. The van der Waals surface area contributed by atoms with Crippen LogP contribution < -0.4 is 0 Å². The van der Waals surface area contributed by atoms with Crippen molar-refractivity contribution >= 4 is 34.6 Å². The van der Waals surface area contributed by atoms with E-state index in [2.05, 4.69) is 0 Å². The number of halogens is 2. The van der Waals surface area contributed by atoms with Crippen molar-refractivity contribution in [2.24, 2.45) is 0 Å². The zero-order valence-electron chi connectivity index (χ0n) is 7.97. The van der Waals surface area contributed by atoms with Crippen LogP contribution in [0.5, 0.6) is 0 Å². The van der Waals surface area contributed by atoms with E-state index in [-0.39, 0.29) is 5.78 Å². The molecule has 3 heteroatoms. The second-order valence-electron chi connectivity index (χ2n) is 3.04. The molecule has 0 aromatic heterocycles. The van der Waals surface area contributed by atoms with Crippen molar-refractivity contribution in [3.05, 3.63) is 39.9 Å². The molecule has 1 nitrogen and oxygen atoms in total. The maximum absolute atomic E-state index is 10.9. The summed E-state index contributed by atoms with van der Waals surface area (Å²) in [5, 5.41) is 0.990. The summed E-state index contributed by atoms with van der Waals surface area (Å²) in [5.41, 5.74) is 1.62. The summed E-state index contributed by atoms with van der Waals surface area (Å²) in [7, 11) is 0. The van der Waals surface area contributed by atoms with Crippen LogP contribution >= 0.6 is 23.2 Å². The Hall–Kier alpha value is -0.790. The highest BCUT2D eigenvalue weighted by Crippen LogP contribution is 2.30. The van der Waals surface area contributed by atoms with Crippen LogP contribution in [-0.4, -0.2) is 5.78 Å². The van der Waals surface area contributed by atoms with Gasteiger partial charge in [-0.05, 0) is 37.1 Å². The molecule has 0 aliphatic rings. The highest BCUT2D eigenvalue weighted by molar-refractivity contribution is 6.43. The lowest BCUT2D eigenvalue weighted by atomic mass is 10.1. The second-order valence-corrected chi connectivity index (χ2v) is 3.82. The Kier molecular flexibility index (Phi) is 3.73. The summed E-state index contributed by atoms with van der Waals surface area (Å²) in [6, 6.07) is 5.36. The first-order valence-electron chi connectivity index (χ1n) is 4.15. The van der Waals surface area contributed by atoms with Gasteiger partial charge in [-0.1, -0.05) is 35.3 Å². The Bertz CT molecular complexity index is 394. The monoisotopic (exact) mass is 228 g/mol. The number of carbonyl (C=O) groups is 1. The van der Waals surface area contributed by atoms with E-state index in [0.717, 1.165) is 11.1 Å². The lowest BCUT2D eigenvalue weighted by Gasteiger charge is -2.05. The minimum Gasteiger partial charge on any atom is -0.295 e. The number of carbonyl (C=O) groups excluding carboxylic acids is 1. The van der Waals surface area contributed by atoms with Gasteiger partial charge >= 0.3 is 0 Å².